The first-order valence-electron chi connectivity index (χ1n) is 22.3. The smallest absolute Gasteiger partial charge is 0.269 e. The van der Waals surface area contributed by atoms with Crippen LogP contribution in [0.25, 0.3) is 22.5 Å². The van der Waals surface area contributed by atoms with Crippen LogP contribution in [0, 0.1) is 20.2 Å². The van der Waals surface area contributed by atoms with Crippen LogP contribution in [0.5, 0.6) is 0 Å². The Hall–Kier alpha value is -7.20. The van der Waals surface area contributed by atoms with E-state index in [2.05, 4.69) is 10.6 Å². The number of nitrogens with zero attached hydrogens (tertiary/aromatic N) is 6. The molecule has 4 atom stereocenters. The number of carbonyl (C=O) groups is 2. The van der Waals surface area contributed by atoms with Gasteiger partial charge in [-0.25, -0.2) is 9.97 Å². The van der Waals surface area contributed by atoms with E-state index in [0.717, 1.165) is 33.6 Å². The molecule has 358 valence electrons. The maximum Gasteiger partial charge on any atom is 0.269 e. The van der Waals surface area contributed by atoms with Gasteiger partial charge in [-0.05, 0) is 59.4 Å². The summed E-state index contributed by atoms with van der Waals surface area (Å²) in [5.41, 5.74) is 8.09. The monoisotopic (exact) mass is 1060 g/mol. The lowest BCUT2D eigenvalue weighted by Gasteiger charge is -2.23. The number of amides is 2. The number of thiazole rings is 2. The third-order valence-electron chi connectivity index (χ3n) is 12.1. The van der Waals surface area contributed by atoms with Crippen LogP contribution in [0.3, 0.4) is 0 Å². The van der Waals surface area contributed by atoms with E-state index in [1.54, 1.807) is 34.1 Å². The zero-order valence-electron chi connectivity index (χ0n) is 37.5. The fraction of sp³-hybridized carbons (Fsp3) is 0.115. The van der Waals surface area contributed by atoms with Gasteiger partial charge in [-0.15, -0.1) is 22.7 Å². The Morgan fingerprint density at radius 2 is 0.889 bits per heavy atom. The first-order valence-corrected chi connectivity index (χ1v) is 26.6. The minimum atomic E-state index is -0.689. The van der Waals surface area contributed by atoms with E-state index in [4.69, 9.17) is 34.4 Å². The highest BCUT2D eigenvalue weighted by Gasteiger charge is 2.45. The summed E-state index contributed by atoms with van der Waals surface area (Å²) in [6.45, 7) is 0. The number of carbonyl (C=O) groups excluding carboxylic acids is 2. The number of rotatable bonds is 17. The molecular weight excluding hydrogens is 1030 g/mol. The van der Waals surface area contributed by atoms with Crippen molar-refractivity contribution >= 4 is 124 Å². The van der Waals surface area contributed by atoms with E-state index in [1.165, 1.54) is 70.5 Å². The van der Waals surface area contributed by atoms with Crippen molar-refractivity contribution in [3.8, 4) is 22.5 Å². The summed E-state index contributed by atoms with van der Waals surface area (Å²) in [6, 6.07) is 46.1. The summed E-state index contributed by atoms with van der Waals surface area (Å²) in [5.74, 6) is -0.436. The average molecular weight is 1060 g/mol. The minimum Gasteiger partial charge on any atom is -0.353 e. The van der Waals surface area contributed by atoms with Gasteiger partial charge < -0.3 is 10.6 Å². The Morgan fingerprint density at radius 3 is 1.24 bits per heavy atom. The van der Waals surface area contributed by atoms with Crippen molar-refractivity contribution in [2.45, 2.75) is 35.4 Å². The quantitative estimate of drug-likeness (QED) is 0.0500. The number of thiocarbonyl (C=S) groups is 2. The molecule has 14 nitrogen and oxygen atoms in total. The number of nitrogens with one attached hydrogen (secondary N) is 2. The van der Waals surface area contributed by atoms with Crippen molar-refractivity contribution in [1.29, 1.82) is 0 Å². The van der Waals surface area contributed by atoms with Gasteiger partial charge in [0.25, 0.3) is 11.4 Å². The Bertz CT molecular complexity index is 3100. The van der Waals surface area contributed by atoms with E-state index in [-0.39, 0.29) is 23.2 Å². The third kappa shape index (κ3) is 10.4. The van der Waals surface area contributed by atoms with Crippen LogP contribution in [-0.2, 0) is 22.4 Å². The van der Waals surface area contributed by atoms with Gasteiger partial charge in [0.05, 0.1) is 44.7 Å². The van der Waals surface area contributed by atoms with E-state index in [0.29, 0.717) is 54.2 Å². The lowest BCUT2D eigenvalue weighted by Crippen LogP contribution is -2.35. The summed E-state index contributed by atoms with van der Waals surface area (Å²) in [6.07, 6.45) is 1.40. The van der Waals surface area contributed by atoms with Gasteiger partial charge in [-0.3, -0.25) is 39.6 Å². The topological polar surface area (TPSA) is 177 Å². The second-order valence-corrected chi connectivity index (χ2v) is 21.8. The van der Waals surface area contributed by atoms with Gasteiger partial charge in [0.2, 0.25) is 11.8 Å². The summed E-state index contributed by atoms with van der Waals surface area (Å²) in [5, 5.41) is 33.6. The highest BCUT2D eigenvalue weighted by molar-refractivity contribution is 8.25. The molecule has 0 aliphatic carbocycles. The van der Waals surface area contributed by atoms with Crippen molar-refractivity contribution in [2.75, 3.05) is 20.4 Å². The van der Waals surface area contributed by atoms with Crippen molar-refractivity contribution in [2.24, 2.45) is 0 Å². The summed E-state index contributed by atoms with van der Waals surface area (Å²) >= 11 is 17.0. The van der Waals surface area contributed by atoms with Crippen LogP contribution in [0.4, 0.5) is 33.0 Å². The maximum absolute atomic E-state index is 14.3. The number of hydrogen-bond acceptors (Lipinski definition) is 16. The predicted octanol–water partition coefficient (Wildman–Crippen LogP) is 12.7. The molecule has 10 rings (SSSR count). The molecular formula is C52H38N8O6S6. The molecule has 2 fully saturated rings. The van der Waals surface area contributed by atoms with Crippen molar-refractivity contribution in [3.05, 3.63) is 211 Å². The second-order valence-electron chi connectivity index (χ2n) is 16.5. The molecule has 8 aromatic rings. The van der Waals surface area contributed by atoms with Crippen molar-refractivity contribution in [3.63, 3.8) is 0 Å². The van der Waals surface area contributed by atoms with Gasteiger partial charge in [0, 0.05) is 46.2 Å². The van der Waals surface area contributed by atoms with Crippen LogP contribution in [0.2, 0.25) is 0 Å². The highest BCUT2D eigenvalue weighted by atomic mass is 32.2. The zero-order chi connectivity index (χ0) is 49.9. The number of nitro groups is 2. The van der Waals surface area contributed by atoms with Crippen LogP contribution < -0.4 is 20.4 Å². The number of benzene rings is 6. The molecule has 0 spiro atoms. The standard InChI is InChI=1S/C52H38N8O6S6/c61-47-45(43(35-17-25-39(26-18-35)59(63)64)55-49-53-41(29-69-49)33-7-3-1-4-8-33)71-51(67)57(47)37-21-13-31(14-22-37)11-12-32-15-23-38(24-16-32)58-48(62)46(72-52(58)68)44(36-19-27-40(28-20-36)60(65)66)56-50-54-42(30-70-50)34-9-5-2-6-10-34/h1-10,13-30,43-46H,11-12H2,(H,53,55)(H,54,56). The van der Waals surface area contributed by atoms with E-state index in [1.807, 2.05) is 120 Å². The highest BCUT2D eigenvalue weighted by Crippen LogP contribution is 2.43. The Labute approximate surface area is 439 Å². The SMILES string of the molecule is O=C1C(C(Nc2nc(-c3ccccc3)cs2)c2ccc([N+](=O)[O-])cc2)SC(=S)N1c1ccc(CCc2ccc(N3C(=O)C(C(Nc4nc(-c5ccccc5)cs4)c4ccc([N+](=O)[O-])cc4)SC3=S)cc2)cc1. The zero-order valence-corrected chi connectivity index (χ0v) is 42.4. The van der Waals surface area contributed by atoms with Gasteiger partial charge >= 0.3 is 0 Å². The molecule has 0 radical (unpaired) electrons. The average Bonchev–Trinajstić information content (AvgIpc) is 4.21. The second kappa shape index (κ2) is 21.3. The Kier molecular flexibility index (Phi) is 14.3. The molecule has 2 aliphatic rings. The summed E-state index contributed by atoms with van der Waals surface area (Å²) in [4.78, 5) is 63.4. The molecule has 4 heterocycles. The van der Waals surface area contributed by atoms with Gasteiger partial charge in [-0.2, -0.15) is 0 Å². The minimum absolute atomic E-state index is 0.0540. The first-order chi connectivity index (χ1) is 35.0. The van der Waals surface area contributed by atoms with Crippen LogP contribution in [0.1, 0.15) is 34.3 Å². The lowest BCUT2D eigenvalue weighted by molar-refractivity contribution is -0.385. The number of aryl methyl sites for hydroxylation is 2. The Balaban J connectivity index is 0.801. The molecule has 72 heavy (non-hydrogen) atoms. The molecule has 2 aromatic heterocycles. The molecule has 0 saturated carbocycles. The van der Waals surface area contributed by atoms with Gasteiger partial charge in [0.15, 0.2) is 10.3 Å². The molecule has 2 saturated heterocycles. The largest absolute Gasteiger partial charge is 0.353 e. The number of hydrogen-bond donors (Lipinski definition) is 2. The number of thioether (sulfide) groups is 2. The van der Waals surface area contributed by atoms with Gasteiger partial charge in [-0.1, -0.05) is 157 Å². The molecule has 2 aliphatic heterocycles. The van der Waals surface area contributed by atoms with E-state index < -0.39 is 32.4 Å². The normalized spacial score (nSPS) is 16.5. The number of non-ortho nitro benzene ring substituents is 2. The fourth-order valence-corrected chi connectivity index (χ4v) is 13.1. The number of nitro benzene ring substituents is 2. The lowest BCUT2D eigenvalue weighted by atomic mass is 10.0. The van der Waals surface area contributed by atoms with Crippen LogP contribution in [-0.4, -0.2) is 50.8 Å². The van der Waals surface area contributed by atoms with Crippen molar-refractivity contribution < 1.29 is 19.4 Å². The number of anilines is 4. The fourth-order valence-electron chi connectivity index (χ4n) is 8.36. The molecule has 6 aromatic carbocycles. The molecule has 20 heteroatoms. The molecule has 2 N–H and O–H groups in total. The summed E-state index contributed by atoms with van der Waals surface area (Å²) in [7, 11) is 0. The van der Waals surface area contributed by atoms with E-state index >= 15 is 0 Å². The number of aromatic nitrogens is 2. The maximum atomic E-state index is 14.3. The third-order valence-corrected chi connectivity index (χ3v) is 16.8. The van der Waals surface area contributed by atoms with Crippen molar-refractivity contribution in [1.82, 2.24) is 9.97 Å². The van der Waals surface area contributed by atoms with E-state index in [9.17, 15) is 29.8 Å². The first kappa shape index (κ1) is 48.4. The summed E-state index contributed by atoms with van der Waals surface area (Å²) < 4.78 is 0.790. The van der Waals surface area contributed by atoms with Crippen LogP contribution >= 0.6 is 70.6 Å². The molecule has 2 amide bonds. The van der Waals surface area contributed by atoms with Crippen LogP contribution in [0.15, 0.2) is 168 Å². The Morgan fingerprint density at radius 1 is 0.528 bits per heavy atom. The van der Waals surface area contributed by atoms with Gasteiger partial charge in [0.1, 0.15) is 19.1 Å². The molecule has 4 unspecified atom stereocenters. The molecule has 0 bridgehead atoms. The predicted molar refractivity (Wildman–Crippen MR) is 297 cm³/mol.